The summed E-state index contributed by atoms with van der Waals surface area (Å²) in [6, 6.07) is 22.3. The van der Waals surface area contributed by atoms with Gasteiger partial charge < -0.3 is 20.1 Å². The van der Waals surface area contributed by atoms with E-state index in [0.717, 1.165) is 56.2 Å². The smallest absolute Gasteiger partial charge is 0.156 e. The van der Waals surface area contributed by atoms with Crippen LogP contribution in [0.1, 0.15) is 52.7 Å². The van der Waals surface area contributed by atoms with E-state index in [0.29, 0.717) is 11.4 Å². The Labute approximate surface area is 229 Å². The molecule has 2 heterocycles. The molecule has 2 aliphatic heterocycles. The average molecular weight is 519 g/mol. The van der Waals surface area contributed by atoms with E-state index in [1.165, 1.54) is 5.56 Å². The minimum atomic E-state index is -0.110. The van der Waals surface area contributed by atoms with Crippen molar-refractivity contribution >= 4 is 34.1 Å². The van der Waals surface area contributed by atoms with Crippen molar-refractivity contribution in [2.24, 2.45) is 9.98 Å². The molecular formula is C33H34N4O2. The molecular weight excluding hydrogens is 484 g/mol. The number of hydrogen-bond acceptors (Lipinski definition) is 6. The van der Waals surface area contributed by atoms with Gasteiger partial charge in [-0.1, -0.05) is 47.6 Å². The highest BCUT2D eigenvalue weighted by molar-refractivity contribution is 5.86. The molecule has 0 fully saturated rings. The van der Waals surface area contributed by atoms with Gasteiger partial charge in [-0.15, -0.1) is 0 Å². The lowest BCUT2D eigenvalue weighted by atomic mass is 9.79. The molecule has 198 valence electrons. The van der Waals surface area contributed by atoms with Crippen molar-refractivity contribution in [3.05, 3.63) is 88.6 Å². The first-order chi connectivity index (χ1) is 18.4. The van der Waals surface area contributed by atoms with Crippen LogP contribution in [0.5, 0.6) is 17.2 Å². The highest BCUT2D eigenvalue weighted by atomic mass is 16.5. The number of hydrogen-bond donors (Lipinski definition) is 1. The zero-order valence-corrected chi connectivity index (χ0v) is 23.6. The van der Waals surface area contributed by atoms with Crippen molar-refractivity contribution < 1.29 is 9.47 Å². The second-order valence-corrected chi connectivity index (χ2v) is 12.3. The van der Waals surface area contributed by atoms with E-state index >= 15 is 0 Å². The van der Waals surface area contributed by atoms with Crippen LogP contribution in [0.25, 0.3) is 0 Å². The number of benzene rings is 4. The molecule has 0 aliphatic carbocycles. The number of nitrogen functional groups attached to an aromatic ring is 1. The summed E-state index contributed by atoms with van der Waals surface area (Å²) in [4.78, 5) is 12.4. The molecule has 0 saturated carbocycles. The van der Waals surface area contributed by atoms with Gasteiger partial charge >= 0.3 is 0 Å². The van der Waals surface area contributed by atoms with Gasteiger partial charge in [0.15, 0.2) is 11.5 Å². The third-order valence-corrected chi connectivity index (χ3v) is 7.31. The molecule has 39 heavy (non-hydrogen) atoms. The molecule has 4 aromatic rings. The van der Waals surface area contributed by atoms with E-state index in [1.54, 1.807) is 7.11 Å². The van der Waals surface area contributed by atoms with E-state index in [9.17, 15) is 0 Å². The van der Waals surface area contributed by atoms with E-state index < -0.39 is 0 Å². The first-order valence-corrected chi connectivity index (χ1v) is 13.2. The second kappa shape index (κ2) is 8.60. The minimum absolute atomic E-state index is 0.0196. The van der Waals surface area contributed by atoms with E-state index in [-0.39, 0.29) is 10.8 Å². The lowest BCUT2D eigenvalue weighted by Crippen LogP contribution is -2.27. The van der Waals surface area contributed by atoms with E-state index in [1.807, 2.05) is 48.5 Å². The number of ether oxygens (including phenoxy) is 2. The standard InChI is InChI=1S/C33H34N4O2/c1-32(2,3)19-14-23(33(4,5)6)31-27(15-19)36-26-17-29-25(18-30(26)39-31)35-24-13-12-22(38-7)16-28(24)37(29)21-10-8-20(34)9-11-21/h8-18H,34H2,1-7H3. The Morgan fingerprint density at radius 3 is 2.13 bits per heavy atom. The molecule has 6 heteroatoms. The van der Waals surface area contributed by atoms with Gasteiger partial charge in [-0.3, -0.25) is 0 Å². The van der Waals surface area contributed by atoms with Crippen LogP contribution >= 0.6 is 0 Å². The fourth-order valence-electron chi connectivity index (χ4n) is 5.08. The number of rotatable bonds is 2. The molecule has 4 aromatic carbocycles. The largest absolute Gasteiger partial charge is 0.497 e. The summed E-state index contributed by atoms with van der Waals surface area (Å²) in [7, 11) is 1.67. The summed E-state index contributed by atoms with van der Waals surface area (Å²) >= 11 is 0. The van der Waals surface area contributed by atoms with Crippen LogP contribution in [-0.2, 0) is 10.8 Å². The molecule has 0 radical (unpaired) electrons. The Morgan fingerprint density at radius 1 is 0.744 bits per heavy atom. The van der Waals surface area contributed by atoms with Gasteiger partial charge in [0.25, 0.3) is 0 Å². The third kappa shape index (κ3) is 4.30. The Bertz CT molecular complexity index is 1740. The predicted molar refractivity (Wildman–Crippen MR) is 158 cm³/mol. The third-order valence-electron chi connectivity index (χ3n) is 7.31. The molecule has 0 atom stereocenters. The maximum atomic E-state index is 6.64. The minimum Gasteiger partial charge on any atom is -0.497 e. The molecule has 0 amide bonds. The van der Waals surface area contributed by atoms with Crippen molar-refractivity contribution in [3.63, 3.8) is 0 Å². The van der Waals surface area contributed by atoms with Gasteiger partial charge in [-0.2, -0.15) is 0 Å². The van der Waals surface area contributed by atoms with Crippen LogP contribution in [0, 0.1) is 0 Å². The molecule has 0 saturated heterocycles. The molecule has 6 nitrogen and oxygen atoms in total. The second-order valence-electron chi connectivity index (χ2n) is 12.3. The normalized spacial score (nSPS) is 13.7. The van der Waals surface area contributed by atoms with Gasteiger partial charge in [-0.25, -0.2) is 9.98 Å². The van der Waals surface area contributed by atoms with Crippen molar-refractivity contribution in [2.75, 3.05) is 17.7 Å². The average Bonchev–Trinajstić information content (AvgIpc) is 2.88. The fraction of sp³-hybridized carbons (Fsp3) is 0.273. The van der Waals surface area contributed by atoms with Crippen molar-refractivity contribution in [2.45, 2.75) is 52.4 Å². The van der Waals surface area contributed by atoms with E-state index in [4.69, 9.17) is 25.2 Å². The lowest BCUT2D eigenvalue weighted by Gasteiger charge is -2.31. The summed E-state index contributed by atoms with van der Waals surface area (Å²) in [6.07, 6.45) is 0. The molecule has 2 aliphatic rings. The zero-order chi connectivity index (χ0) is 27.7. The SMILES string of the molecule is COc1ccc2c(c1)N(c1ccc(N)cc1)c1cc3c(cc1=N2)Oc1c(cc(C(C)(C)C)cc1C(C)(C)C)N=3. The molecule has 0 spiro atoms. The first kappa shape index (κ1) is 25.0. The van der Waals surface area contributed by atoms with Crippen molar-refractivity contribution in [3.8, 4) is 17.2 Å². The van der Waals surface area contributed by atoms with Gasteiger partial charge in [0.05, 0.1) is 29.5 Å². The lowest BCUT2D eigenvalue weighted by molar-refractivity contribution is 0.415. The van der Waals surface area contributed by atoms with E-state index in [2.05, 4.69) is 64.6 Å². The van der Waals surface area contributed by atoms with Gasteiger partial charge in [0, 0.05) is 29.1 Å². The maximum Gasteiger partial charge on any atom is 0.156 e. The number of anilines is 4. The van der Waals surface area contributed by atoms with Crippen molar-refractivity contribution in [1.82, 2.24) is 0 Å². The fourth-order valence-corrected chi connectivity index (χ4v) is 5.08. The Balaban J connectivity index is 1.61. The monoisotopic (exact) mass is 518 g/mol. The number of fused-ring (bicyclic) bond motifs is 4. The zero-order valence-electron chi connectivity index (χ0n) is 23.6. The van der Waals surface area contributed by atoms with Gasteiger partial charge in [0.2, 0.25) is 0 Å². The summed E-state index contributed by atoms with van der Waals surface area (Å²) in [5.41, 5.74) is 13.5. The van der Waals surface area contributed by atoms with Crippen molar-refractivity contribution in [1.29, 1.82) is 0 Å². The molecule has 0 unspecified atom stereocenters. The number of nitrogens with two attached hydrogens (primary N) is 1. The topological polar surface area (TPSA) is 72.4 Å². The predicted octanol–water partition coefficient (Wildman–Crippen LogP) is 7.66. The van der Waals surface area contributed by atoms with Crippen LogP contribution in [0.3, 0.4) is 0 Å². The van der Waals surface area contributed by atoms with Crippen LogP contribution in [0.4, 0.5) is 34.1 Å². The van der Waals surface area contributed by atoms with Gasteiger partial charge in [0.1, 0.15) is 16.8 Å². The maximum absolute atomic E-state index is 6.64. The Kier molecular flexibility index (Phi) is 5.51. The Hall–Kier alpha value is -4.32. The molecule has 6 rings (SSSR count). The molecule has 0 bridgehead atoms. The first-order valence-electron chi connectivity index (χ1n) is 13.2. The van der Waals surface area contributed by atoms with Crippen LogP contribution in [-0.4, -0.2) is 7.11 Å². The Morgan fingerprint density at radius 2 is 1.46 bits per heavy atom. The van der Waals surface area contributed by atoms with Crippen LogP contribution in [0.15, 0.2) is 76.7 Å². The number of methoxy groups -OCH3 is 1. The highest BCUT2D eigenvalue weighted by Gasteiger charge is 2.30. The van der Waals surface area contributed by atoms with Crippen LogP contribution in [0.2, 0.25) is 0 Å². The quantitative estimate of drug-likeness (QED) is 0.239. The van der Waals surface area contributed by atoms with Gasteiger partial charge in [-0.05, 0) is 64.9 Å². The highest BCUT2D eigenvalue weighted by Crippen LogP contribution is 2.47. The molecule has 2 N–H and O–H groups in total. The summed E-state index contributed by atoms with van der Waals surface area (Å²) < 4.78 is 12.2. The number of nitrogens with zero attached hydrogens (tertiary/aromatic N) is 3. The van der Waals surface area contributed by atoms with Crippen LogP contribution < -0.4 is 30.8 Å². The molecule has 0 aromatic heterocycles. The summed E-state index contributed by atoms with van der Waals surface area (Å²) in [5, 5.41) is 1.58. The summed E-state index contributed by atoms with van der Waals surface area (Å²) in [5.74, 6) is 2.28. The summed E-state index contributed by atoms with van der Waals surface area (Å²) in [6.45, 7) is 13.3.